The Hall–Kier alpha value is -1.52. The summed E-state index contributed by atoms with van der Waals surface area (Å²) in [5.41, 5.74) is 0. The number of ether oxygens (including phenoxy) is 2. The van der Waals surface area contributed by atoms with E-state index in [9.17, 15) is 4.79 Å². The van der Waals surface area contributed by atoms with Crippen LogP contribution in [0.1, 0.15) is 20.3 Å². The van der Waals surface area contributed by atoms with Gasteiger partial charge in [0.25, 0.3) is 0 Å². The normalized spacial score (nSPS) is 11.7. The van der Waals surface area contributed by atoms with E-state index in [0.717, 1.165) is 6.42 Å². The van der Waals surface area contributed by atoms with Gasteiger partial charge in [0, 0.05) is 6.21 Å². The Kier molecular flexibility index (Phi) is 7.22. The maximum absolute atomic E-state index is 9.94. The van der Waals surface area contributed by atoms with Crippen molar-refractivity contribution < 1.29 is 19.4 Å². The van der Waals surface area contributed by atoms with E-state index in [4.69, 9.17) is 14.6 Å². The van der Waals surface area contributed by atoms with Gasteiger partial charge in [-0.2, -0.15) is 4.99 Å². The van der Waals surface area contributed by atoms with E-state index in [-0.39, 0.29) is 6.61 Å². The summed E-state index contributed by atoms with van der Waals surface area (Å²) in [5, 5.41) is 8.14. The summed E-state index contributed by atoms with van der Waals surface area (Å²) < 4.78 is 10.1. The van der Waals surface area contributed by atoms with Crippen LogP contribution in [0.4, 0.5) is 4.79 Å². The summed E-state index contributed by atoms with van der Waals surface area (Å²) >= 11 is 0. The highest BCUT2D eigenvalue weighted by atomic mass is 16.5. The molecule has 1 N–H and O–H groups in total. The molecule has 0 radical (unpaired) electrons. The molecule has 0 rings (SSSR count). The summed E-state index contributed by atoms with van der Waals surface area (Å²) in [7, 11) is 0. The Labute approximate surface area is 83.0 Å². The van der Waals surface area contributed by atoms with Gasteiger partial charge in [0.15, 0.2) is 0 Å². The molecule has 0 heterocycles. The quantitative estimate of drug-likeness (QED) is 0.405. The van der Waals surface area contributed by atoms with Crippen LogP contribution in [0.15, 0.2) is 17.0 Å². The van der Waals surface area contributed by atoms with E-state index in [0.29, 0.717) is 12.4 Å². The van der Waals surface area contributed by atoms with Gasteiger partial charge in [-0.1, -0.05) is 6.92 Å². The number of rotatable bonds is 6. The molecule has 0 saturated heterocycles. The molecule has 0 fully saturated rings. The lowest BCUT2D eigenvalue weighted by Crippen LogP contribution is -1.95. The van der Waals surface area contributed by atoms with Crippen LogP contribution >= 0.6 is 0 Å². The first kappa shape index (κ1) is 12.5. The van der Waals surface area contributed by atoms with E-state index >= 15 is 0 Å². The molecule has 0 aliphatic heterocycles. The Morgan fingerprint density at radius 1 is 1.57 bits per heavy atom. The predicted molar refractivity (Wildman–Crippen MR) is 52.5 cm³/mol. The Morgan fingerprint density at radius 3 is 2.86 bits per heavy atom. The van der Waals surface area contributed by atoms with Crippen LogP contribution in [-0.4, -0.2) is 30.6 Å². The molecule has 0 spiro atoms. The highest BCUT2D eigenvalue weighted by Crippen LogP contribution is 1.96. The lowest BCUT2D eigenvalue weighted by atomic mass is 10.5. The van der Waals surface area contributed by atoms with Crippen molar-refractivity contribution in [1.82, 2.24) is 0 Å². The van der Waals surface area contributed by atoms with Gasteiger partial charge < -0.3 is 14.6 Å². The van der Waals surface area contributed by atoms with E-state index < -0.39 is 6.09 Å². The third-order valence-corrected chi connectivity index (χ3v) is 1.16. The predicted octanol–water partition coefficient (Wildman–Crippen LogP) is 2.04. The maximum atomic E-state index is 9.94. The highest BCUT2D eigenvalue weighted by molar-refractivity contribution is 5.78. The topological polar surface area (TPSA) is 68.1 Å². The van der Waals surface area contributed by atoms with Crippen molar-refractivity contribution >= 4 is 12.3 Å². The molecule has 14 heavy (non-hydrogen) atoms. The molecule has 0 unspecified atom stereocenters. The van der Waals surface area contributed by atoms with Crippen LogP contribution in [0.25, 0.3) is 0 Å². The molecule has 1 amide bonds. The van der Waals surface area contributed by atoms with Crippen LogP contribution < -0.4 is 0 Å². The first-order valence-electron chi connectivity index (χ1n) is 4.33. The molecule has 5 heteroatoms. The number of aliphatic imine (C=N–C) groups is 1. The maximum Gasteiger partial charge on any atom is 0.430 e. The molecule has 80 valence electrons. The molecule has 0 atom stereocenters. The minimum absolute atomic E-state index is 0.124. The molecule has 0 saturated carbocycles. The fourth-order valence-electron chi connectivity index (χ4n) is 0.621. The number of amides is 1. The number of carboxylic acid groups (broad SMARTS) is 1. The average molecular weight is 201 g/mol. The van der Waals surface area contributed by atoms with Crippen molar-refractivity contribution in [3.63, 3.8) is 0 Å². The largest absolute Gasteiger partial charge is 0.495 e. The van der Waals surface area contributed by atoms with E-state index in [1.165, 1.54) is 12.5 Å². The zero-order chi connectivity index (χ0) is 10.8. The lowest BCUT2D eigenvalue weighted by molar-refractivity contribution is 0.189. The second-order valence-corrected chi connectivity index (χ2v) is 2.50. The molecule has 0 aliphatic carbocycles. The first-order valence-corrected chi connectivity index (χ1v) is 4.33. The molecule has 0 aromatic carbocycles. The van der Waals surface area contributed by atoms with Gasteiger partial charge >= 0.3 is 6.09 Å². The van der Waals surface area contributed by atoms with Crippen molar-refractivity contribution in [2.24, 2.45) is 4.99 Å². The zero-order valence-electron chi connectivity index (χ0n) is 8.40. The Bertz CT molecular complexity index is 223. The van der Waals surface area contributed by atoms with Crippen molar-refractivity contribution in [2.75, 3.05) is 13.2 Å². The SMILES string of the molecule is CCCOC(C)=COCC=NC(=O)O. The molecule has 0 bridgehead atoms. The first-order chi connectivity index (χ1) is 6.66. The molecule has 0 aromatic rings. The number of allylic oxidation sites excluding steroid dienone is 1. The molecule has 0 aliphatic rings. The summed E-state index contributed by atoms with van der Waals surface area (Å²) in [5.74, 6) is 0.663. The third kappa shape index (κ3) is 8.58. The molecule has 5 nitrogen and oxygen atoms in total. The van der Waals surface area contributed by atoms with Gasteiger partial charge in [0.1, 0.15) is 18.6 Å². The second-order valence-electron chi connectivity index (χ2n) is 2.50. The van der Waals surface area contributed by atoms with Crippen LogP contribution in [0, 0.1) is 0 Å². The van der Waals surface area contributed by atoms with Crippen LogP contribution in [0.5, 0.6) is 0 Å². The second kappa shape index (κ2) is 8.10. The average Bonchev–Trinajstić information content (AvgIpc) is 2.13. The van der Waals surface area contributed by atoms with Crippen LogP contribution in [-0.2, 0) is 9.47 Å². The molecular formula is C9H15NO4. The minimum atomic E-state index is -1.23. The van der Waals surface area contributed by atoms with Crippen LogP contribution in [0.2, 0.25) is 0 Å². The van der Waals surface area contributed by atoms with Gasteiger partial charge in [-0.15, -0.1) is 0 Å². The van der Waals surface area contributed by atoms with E-state index in [2.05, 4.69) is 4.99 Å². The minimum Gasteiger partial charge on any atom is -0.495 e. The van der Waals surface area contributed by atoms with E-state index in [1.807, 2.05) is 6.92 Å². The van der Waals surface area contributed by atoms with Crippen LogP contribution in [0.3, 0.4) is 0 Å². The third-order valence-electron chi connectivity index (χ3n) is 1.16. The fourth-order valence-corrected chi connectivity index (χ4v) is 0.621. The summed E-state index contributed by atoms with van der Waals surface area (Å²) in [6.07, 6.45) is 2.32. The smallest absolute Gasteiger partial charge is 0.430 e. The Balaban J connectivity index is 3.55. The van der Waals surface area contributed by atoms with Crippen molar-refractivity contribution in [3.8, 4) is 0 Å². The Morgan fingerprint density at radius 2 is 2.29 bits per heavy atom. The van der Waals surface area contributed by atoms with Gasteiger partial charge in [-0.3, -0.25) is 0 Å². The van der Waals surface area contributed by atoms with Crippen molar-refractivity contribution in [3.05, 3.63) is 12.0 Å². The lowest BCUT2D eigenvalue weighted by Gasteiger charge is -2.03. The summed E-state index contributed by atoms with van der Waals surface area (Å²) in [6, 6.07) is 0. The van der Waals surface area contributed by atoms with Crippen molar-refractivity contribution in [1.29, 1.82) is 0 Å². The number of hydrogen-bond donors (Lipinski definition) is 1. The van der Waals surface area contributed by atoms with E-state index in [1.54, 1.807) is 6.92 Å². The number of carbonyl (C=O) groups is 1. The number of nitrogens with zero attached hydrogens (tertiary/aromatic N) is 1. The monoisotopic (exact) mass is 201 g/mol. The summed E-state index contributed by atoms with van der Waals surface area (Å²) in [6.45, 7) is 4.55. The standard InChI is InChI=1S/C9H15NO4/c1-3-5-14-8(2)7-13-6-4-10-9(11)12/h4,7H,3,5-6H2,1-2H3,(H,11,12). The van der Waals surface area contributed by atoms with Crippen molar-refractivity contribution in [2.45, 2.75) is 20.3 Å². The van der Waals surface area contributed by atoms with Gasteiger partial charge in [0.05, 0.1) is 6.61 Å². The van der Waals surface area contributed by atoms with Gasteiger partial charge in [0.2, 0.25) is 0 Å². The molecular weight excluding hydrogens is 186 g/mol. The van der Waals surface area contributed by atoms with Gasteiger partial charge in [-0.25, -0.2) is 4.79 Å². The highest BCUT2D eigenvalue weighted by Gasteiger charge is 1.89. The zero-order valence-corrected chi connectivity index (χ0v) is 8.40. The fraction of sp³-hybridized carbons (Fsp3) is 0.556. The molecule has 0 aromatic heterocycles. The van der Waals surface area contributed by atoms with Gasteiger partial charge in [-0.05, 0) is 13.3 Å². The number of hydrogen-bond acceptors (Lipinski definition) is 3. The summed E-state index contributed by atoms with van der Waals surface area (Å²) in [4.78, 5) is 13.0.